The van der Waals surface area contributed by atoms with E-state index in [1.165, 1.54) is 16.3 Å². The topological polar surface area (TPSA) is 103 Å². The summed E-state index contributed by atoms with van der Waals surface area (Å²) in [5.74, 6) is 0.425. The number of methoxy groups -OCH3 is 1. The van der Waals surface area contributed by atoms with Crippen LogP contribution in [0.5, 0.6) is 5.75 Å². The van der Waals surface area contributed by atoms with Crippen molar-refractivity contribution in [1.29, 1.82) is 0 Å². The van der Waals surface area contributed by atoms with Crippen molar-refractivity contribution >= 4 is 23.0 Å². The van der Waals surface area contributed by atoms with E-state index in [-0.39, 0.29) is 12.4 Å². The number of ether oxygens (including phenoxy) is 1. The number of amides is 1. The number of hydrogen-bond donors (Lipinski definition) is 0. The first-order valence-corrected chi connectivity index (χ1v) is 10.7. The summed E-state index contributed by atoms with van der Waals surface area (Å²) in [5.41, 5.74) is 1.60. The highest BCUT2D eigenvalue weighted by Gasteiger charge is 2.35. The quantitative estimate of drug-likeness (QED) is 0.445. The fourth-order valence-electron chi connectivity index (χ4n) is 3.51. The zero-order valence-electron chi connectivity index (χ0n) is 17.0. The van der Waals surface area contributed by atoms with Crippen LogP contribution in [0, 0.1) is 0 Å². The zero-order chi connectivity index (χ0) is 22.1. The molecule has 0 bridgehead atoms. The lowest BCUT2D eigenvalue weighted by Gasteiger charge is -2.19. The predicted molar refractivity (Wildman–Crippen MR) is 117 cm³/mol. The minimum Gasteiger partial charge on any atom is -0.497 e. The molecule has 9 nitrogen and oxygen atoms in total. The third kappa shape index (κ3) is 3.76. The molecule has 1 amide bonds. The lowest BCUT2D eigenvalue weighted by molar-refractivity contribution is -0.134. The average Bonchev–Trinajstić information content (AvgIpc) is 3.60. The number of carbonyl (C=O) groups is 1. The van der Waals surface area contributed by atoms with E-state index in [1.54, 1.807) is 31.6 Å². The largest absolute Gasteiger partial charge is 0.497 e. The van der Waals surface area contributed by atoms with Gasteiger partial charge in [-0.2, -0.15) is 9.78 Å². The summed E-state index contributed by atoms with van der Waals surface area (Å²) in [6.45, 7) is -0.301. The third-order valence-electron chi connectivity index (χ3n) is 5.08. The summed E-state index contributed by atoms with van der Waals surface area (Å²) < 4.78 is 17.0. The number of nitrogens with zero attached hydrogens (tertiary/aromatic N) is 4. The molecular formula is C22H18N4O5S. The molecule has 0 saturated carbocycles. The lowest BCUT2D eigenvalue weighted by atomic mass is 10.0. The van der Waals surface area contributed by atoms with Gasteiger partial charge >= 0.3 is 5.76 Å². The van der Waals surface area contributed by atoms with E-state index in [0.29, 0.717) is 17.1 Å². The van der Waals surface area contributed by atoms with Gasteiger partial charge in [0, 0.05) is 6.42 Å². The summed E-state index contributed by atoms with van der Waals surface area (Å²) in [6.07, 6.45) is 2.03. The molecule has 1 atom stereocenters. The van der Waals surface area contributed by atoms with Gasteiger partial charge in [-0.25, -0.2) is 9.80 Å². The molecular weight excluding hydrogens is 432 g/mol. The molecule has 1 aliphatic rings. The highest BCUT2D eigenvalue weighted by molar-refractivity contribution is 7.13. The van der Waals surface area contributed by atoms with Crippen molar-refractivity contribution in [2.24, 2.45) is 5.10 Å². The van der Waals surface area contributed by atoms with Crippen molar-refractivity contribution < 1.29 is 18.4 Å². The molecule has 0 aliphatic carbocycles. The Balaban J connectivity index is 1.43. The molecule has 1 aliphatic heterocycles. The van der Waals surface area contributed by atoms with Crippen molar-refractivity contribution in [2.45, 2.75) is 19.0 Å². The van der Waals surface area contributed by atoms with E-state index in [1.807, 2.05) is 35.7 Å². The first-order valence-electron chi connectivity index (χ1n) is 9.81. The number of carbonyl (C=O) groups excluding carboxylic acids is 1. The Hall–Kier alpha value is -3.92. The number of furan rings is 1. The lowest BCUT2D eigenvalue weighted by Crippen LogP contribution is -2.33. The van der Waals surface area contributed by atoms with Gasteiger partial charge in [0.25, 0.3) is 11.8 Å². The van der Waals surface area contributed by atoms with Gasteiger partial charge in [-0.1, -0.05) is 6.07 Å². The second kappa shape index (κ2) is 8.31. The second-order valence-corrected chi connectivity index (χ2v) is 8.00. The van der Waals surface area contributed by atoms with Crippen LogP contribution in [0.3, 0.4) is 0 Å². The van der Waals surface area contributed by atoms with Crippen LogP contribution in [-0.2, 0) is 11.3 Å². The van der Waals surface area contributed by atoms with E-state index >= 15 is 0 Å². The Morgan fingerprint density at radius 3 is 2.75 bits per heavy atom. The molecule has 0 fully saturated rings. The molecule has 0 radical (unpaired) electrons. The van der Waals surface area contributed by atoms with Crippen LogP contribution in [0.25, 0.3) is 10.8 Å². The van der Waals surface area contributed by atoms with E-state index in [4.69, 9.17) is 13.6 Å². The number of rotatable bonds is 6. The van der Waals surface area contributed by atoms with Gasteiger partial charge in [0.1, 0.15) is 24.1 Å². The van der Waals surface area contributed by atoms with Gasteiger partial charge in [0.15, 0.2) is 0 Å². The average molecular weight is 450 g/mol. The second-order valence-electron chi connectivity index (χ2n) is 7.06. The maximum absolute atomic E-state index is 13.2. The predicted octanol–water partition coefficient (Wildman–Crippen LogP) is 3.54. The zero-order valence-corrected chi connectivity index (χ0v) is 17.8. The maximum atomic E-state index is 13.2. The van der Waals surface area contributed by atoms with Crippen molar-refractivity contribution in [1.82, 2.24) is 14.8 Å². The van der Waals surface area contributed by atoms with E-state index < -0.39 is 17.7 Å². The van der Waals surface area contributed by atoms with Crippen molar-refractivity contribution in [3.63, 3.8) is 0 Å². The first-order chi connectivity index (χ1) is 15.6. The first kappa shape index (κ1) is 20.0. The van der Waals surface area contributed by atoms with Crippen LogP contribution >= 0.6 is 11.3 Å². The van der Waals surface area contributed by atoms with Crippen LogP contribution < -0.4 is 10.5 Å². The summed E-state index contributed by atoms with van der Waals surface area (Å²) >= 11 is 1.39. The molecule has 0 spiro atoms. The maximum Gasteiger partial charge on any atom is 0.437 e. The number of thiophene rings is 1. The molecule has 0 unspecified atom stereocenters. The van der Waals surface area contributed by atoms with E-state index in [9.17, 15) is 9.59 Å². The van der Waals surface area contributed by atoms with Gasteiger partial charge in [-0.3, -0.25) is 4.79 Å². The molecule has 0 saturated heterocycles. The van der Waals surface area contributed by atoms with E-state index in [0.717, 1.165) is 21.7 Å². The van der Waals surface area contributed by atoms with Crippen molar-refractivity contribution in [2.75, 3.05) is 7.11 Å². The molecule has 4 aromatic rings. The van der Waals surface area contributed by atoms with Crippen LogP contribution in [0.2, 0.25) is 0 Å². The van der Waals surface area contributed by atoms with Gasteiger partial charge < -0.3 is 13.6 Å². The molecule has 32 heavy (non-hydrogen) atoms. The summed E-state index contributed by atoms with van der Waals surface area (Å²) in [5, 5.41) is 11.9. The third-order valence-corrected chi connectivity index (χ3v) is 5.94. The van der Waals surface area contributed by atoms with Crippen LogP contribution in [0.4, 0.5) is 0 Å². The summed E-state index contributed by atoms with van der Waals surface area (Å²) in [6, 6.07) is 14.2. The SMILES string of the molecule is COc1ccc(C2=NN(C(=O)Cn3nc(-c4cccs4)oc3=O)[C@H](c3ccco3)C2)cc1. The number of aromatic nitrogens is 2. The highest BCUT2D eigenvalue weighted by atomic mass is 32.1. The molecule has 5 rings (SSSR count). The number of hydrogen-bond acceptors (Lipinski definition) is 8. The van der Waals surface area contributed by atoms with Crippen LogP contribution in [0.1, 0.15) is 23.8 Å². The van der Waals surface area contributed by atoms with Gasteiger partial charge in [0.05, 0.1) is 24.0 Å². The monoisotopic (exact) mass is 450 g/mol. The Kier molecular flexibility index (Phi) is 5.20. The van der Waals surface area contributed by atoms with Crippen molar-refractivity contribution in [3.05, 3.63) is 82.0 Å². The molecule has 1 aromatic carbocycles. The Labute approximate surface area is 186 Å². The van der Waals surface area contributed by atoms with Gasteiger partial charge in [0.2, 0.25) is 0 Å². The fourth-order valence-corrected chi connectivity index (χ4v) is 4.15. The molecule has 3 aromatic heterocycles. The standard InChI is InChI=1S/C22H18N4O5S/c1-29-15-8-6-14(7-9-15)16-12-17(18-4-2-10-30-18)26(23-16)20(27)13-25-22(28)31-21(24-25)19-5-3-11-32-19/h2-11,17H,12-13H2,1H3/t17-/m0/s1. The van der Waals surface area contributed by atoms with Crippen molar-refractivity contribution in [3.8, 4) is 16.5 Å². The Morgan fingerprint density at radius 2 is 2.06 bits per heavy atom. The highest BCUT2D eigenvalue weighted by Crippen LogP contribution is 2.33. The smallest absolute Gasteiger partial charge is 0.437 e. The fraction of sp³-hybridized carbons (Fsp3) is 0.182. The summed E-state index contributed by atoms with van der Waals surface area (Å²) in [4.78, 5) is 26.1. The summed E-state index contributed by atoms with van der Waals surface area (Å²) in [7, 11) is 1.60. The number of hydrazone groups is 1. The van der Waals surface area contributed by atoms with Gasteiger partial charge in [-0.05, 0) is 53.4 Å². The molecule has 10 heteroatoms. The minimum atomic E-state index is -0.699. The van der Waals surface area contributed by atoms with Gasteiger partial charge in [-0.15, -0.1) is 16.4 Å². The Morgan fingerprint density at radius 1 is 1.22 bits per heavy atom. The molecule has 4 heterocycles. The molecule has 0 N–H and O–H groups in total. The number of benzene rings is 1. The van der Waals surface area contributed by atoms with Crippen LogP contribution in [0.15, 0.2) is 78.9 Å². The minimum absolute atomic E-state index is 0.184. The van der Waals surface area contributed by atoms with Crippen LogP contribution in [-0.4, -0.2) is 33.5 Å². The molecule has 162 valence electrons. The van der Waals surface area contributed by atoms with E-state index in [2.05, 4.69) is 10.2 Å². The Bertz CT molecular complexity index is 1300. The normalized spacial score (nSPS) is 15.7.